The third kappa shape index (κ3) is 3.72. The summed E-state index contributed by atoms with van der Waals surface area (Å²) in [7, 11) is 0. The van der Waals surface area contributed by atoms with Crippen molar-refractivity contribution in [3.8, 4) is 0 Å². The van der Waals surface area contributed by atoms with Gasteiger partial charge in [0, 0.05) is 37.4 Å². The zero-order valence-electron chi connectivity index (χ0n) is 13.4. The molecule has 0 spiro atoms. The fourth-order valence-corrected chi connectivity index (χ4v) is 3.23. The summed E-state index contributed by atoms with van der Waals surface area (Å²) in [5.74, 6) is 2.64. The average molecular weight is 275 g/mol. The van der Waals surface area contributed by atoms with Gasteiger partial charge in [-0.1, -0.05) is 26.8 Å². The molecule has 0 aromatic carbocycles. The fraction of sp³-hybridized carbons (Fsp3) is 0.706. The maximum absolute atomic E-state index is 4.51. The molecule has 1 N–H and O–H groups in total. The first-order valence-electron chi connectivity index (χ1n) is 8.03. The van der Waals surface area contributed by atoms with Crippen molar-refractivity contribution in [2.75, 3.05) is 18.4 Å². The molecule has 1 aliphatic heterocycles. The highest BCUT2D eigenvalue weighted by molar-refractivity contribution is 5.43. The summed E-state index contributed by atoms with van der Waals surface area (Å²) in [5, 5.41) is 3.45. The number of anilines is 1. The Bertz CT molecular complexity index is 418. The molecule has 2 rings (SSSR count). The number of piperidine rings is 1. The van der Waals surface area contributed by atoms with E-state index < -0.39 is 0 Å². The van der Waals surface area contributed by atoms with E-state index >= 15 is 0 Å². The molecule has 0 radical (unpaired) electrons. The van der Waals surface area contributed by atoms with Crippen molar-refractivity contribution in [1.29, 1.82) is 0 Å². The predicted molar refractivity (Wildman–Crippen MR) is 85.8 cm³/mol. The molecule has 3 unspecified atom stereocenters. The Hall–Kier alpha value is -1.09. The minimum Gasteiger partial charge on any atom is -0.370 e. The van der Waals surface area contributed by atoms with Gasteiger partial charge in [0.1, 0.15) is 5.82 Å². The summed E-state index contributed by atoms with van der Waals surface area (Å²) in [5.41, 5.74) is 1.33. The molecular formula is C17H29N3. The number of hydrogen-bond acceptors (Lipinski definition) is 3. The second-order valence-electron chi connectivity index (χ2n) is 6.43. The number of rotatable bonds is 5. The van der Waals surface area contributed by atoms with Gasteiger partial charge in [0.2, 0.25) is 0 Å². The number of aromatic nitrogens is 1. The normalized spacial score (nSPS) is 27.5. The van der Waals surface area contributed by atoms with Gasteiger partial charge in [-0.3, -0.25) is 4.90 Å². The van der Waals surface area contributed by atoms with Gasteiger partial charge in [-0.15, -0.1) is 0 Å². The maximum Gasteiger partial charge on any atom is 0.130 e. The van der Waals surface area contributed by atoms with Crippen molar-refractivity contribution in [3.05, 3.63) is 23.9 Å². The maximum atomic E-state index is 4.51. The van der Waals surface area contributed by atoms with Crippen molar-refractivity contribution >= 4 is 5.82 Å². The fourth-order valence-electron chi connectivity index (χ4n) is 3.23. The summed E-state index contributed by atoms with van der Waals surface area (Å²) in [6, 6.07) is 4.92. The van der Waals surface area contributed by atoms with Crippen LogP contribution in [0, 0.1) is 11.8 Å². The molecule has 0 bridgehead atoms. The van der Waals surface area contributed by atoms with Gasteiger partial charge in [-0.05, 0) is 37.7 Å². The van der Waals surface area contributed by atoms with E-state index in [1.807, 2.05) is 12.3 Å². The molecule has 1 aromatic heterocycles. The van der Waals surface area contributed by atoms with Gasteiger partial charge >= 0.3 is 0 Å². The second kappa shape index (κ2) is 7.07. The Balaban J connectivity index is 2.08. The van der Waals surface area contributed by atoms with Gasteiger partial charge in [0.05, 0.1) is 0 Å². The first kappa shape index (κ1) is 15.3. The SMILES string of the molecule is CCCNc1ncccc1CN1CC(C)CC(C)C1C. The highest BCUT2D eigenvalue weighted by Gasteiger charge is 2.28. The number of nitrogens with zero attached hydrogens (tertiary/aromatic N) is 2. The first-order valence-corrected chi connectivity index (χ1v) is 8.03. The molecule has 0 aliphatic carbocycles. The molecule has 1 saturated heterocycles. The minimum absolute atomic E-state index is 0.658. The Kier molecular flexibility index (Phi) is 5.41. The lowest BCUT2D eigenvalue weighted by Crippen LogP contribution is -2.45. The van der Waals surface area contributed by atoms with Gasteiger partial charge < -0.3 is 5.32 Å². The van der Waals surface area contributed by atoms with Crippen LogP contribution in [0.3, 0.4) is 0 Å². The molecule has 112 valence electrons. The lowest BCUT2D eigenvalue weighted by atomic mass is 9.86. The molecule has 20 heavy (non-hydrogen) atoms. The van der Waals surface area contributed by atoms with Crippen LogP contribution in [0.15, 0.2) is 18.3 Å². The lowest BCUT2D eigenvalue weighted by molar-refractivity contribution is 0.0730. The molecule has 1 aliphatic rings. The van der Waals surface area contributed by atoms with Crippen LogP contribution in [-0.4, -0.2) is 29.0 Å². The summed E-state index contributed by atoms with van der Waals surface area (Å²) in [6.07, 6.45) is 4.36. The smallest absolute Gasteiger partial charge is 0.130 e. The summed E-state index contributed by atoms with van der Waals surface area (Å²) in [4.78, 5) is 7.13. The second-order valence-corrected chi connectivity index (χ2v) is 6.43. The highest BCUT2D eigenvalue weighted by atomic mass is 15.2. The lowest BCUT2D eigenvalue weighted by Gasteiger charge is -2.41. The standard InChI is InChI=1S/C17H29N3/c1-5-8-18-17-16(7-6-9-19-17)12-20-11-13(2)10-14(3)15(20)4/h6-7,9,13-15H,5,8,10-12H2,1-4H3,(H,18,19). The number of pyridine rings is 1. The van der Waals surface area contributed by atoms with Crippen LogP contribution in [0.5, 0.6) is 0 Å². The van der Waals surface area contributed by atoms with Crippen LogP contribution in [0.2, 0.25) is 0 Å². The number of likely N-dealkylation sites (tertiary alicyclic amines) is 1. The summed E-state index contributed by atoms with van der Waals surface area (Å²) < 4.78 is 0. The average Bonchev–Trinajstić information content (AvgIpc) is 2.43. The van der Waals surface area contributed by atoms with Crippen molar-refractivity contribution in [1.82, 2.24) is 9.88 Å². The molecule has 1 aromatic rings. The molecule has 0 amide bonds. The van der Waals surface area contributed by atoms with Crippen LogP contribution >= 0.6 is 0 Å². The third-order valence-corrected chi connectivity index (χ3v) is 4.53. The van der Waals surface area contributed by atoms with Crippen LogP contribution in [0.25, 0.3) is 0 Å². The molecule has 1 fully saturated rings. The van der Waals surface area contributed by atoms with Gasteiger partial charge in [-0.25, -0.2) is 4.98 Å². The summed E-state index contributed by atoms with van der Waals surface area (Å²) >= 11 is 0. The van der Waals surface area contributed by atoms with E-state index in [1.165, 1.54) is 18.5 Å². The minimum atomic E-state index is 0.658. The Morgan fingerprint density at radius 3 is 2.90 bits per heavy atom. The monoisotopic (exact) mass is 275 g/mol. The third-order valence-electron chi connectivity index (χ3n) is 4.53. The van der Waals surface area contributed by atoms with Gasteiger partial charge in [0.25, 0.3) is 0 Å². The number of nitrogens with one attached hydrogen (secondary N) is 1. The van der Waals surface area contributed by atoms with E-state index in [-0.39, 0.29) is 0 Å². The Morgan fingerprint density at radius 2 is 2.15 bits per heavy atom. The molecule has 3 nitrogen and oxygen atoms in total. The highest BCUT2D eigenvalue weighted by Crippen LogP contribution is 2.29. The molecule has 3 heteroatoms. The van der Waals surface area contributed by atoms with Crippen LogP contribution in [0.1, 0.15) is 46.1 Å². The summed E-state index contributed by atoms with van der Waals surface area (Å²) in [6.45, 7) is 12.5. The predicted octanol–water partition coefficient (Wildman–Crippen LogP) is 3.77. The van der Waals surface area contributed by atoms with Gasteiger partial charge in [-0.2, -0.15) is 0 Å². The Morgan fingerprint density at radius 1 is 1.35 bits per heavy atom. The van der Waals surface area contributed by atoms with E-state index in [0.717, 1.165) is 37.2 Å². The van der Waals surface area contributed by atoms with E-state index in [4.69, 9.17) is 0 Å². The molecular weight excluding hydrogens is 246 g/mol. The zero-order chi connectivity index (χ0) is 14.5. The quantitative estimate of drug-likeness (QED) is 0.886. The number of hydrogen-bond donors (Lipinski definition) is 1. The molecule has 3 atom stereocenters. The topological polar surface area (TPSA) is 28.2 Å². The van der Waals surface area contributed by atoms with Crippen LogP contribution < -0.4 is 5.32 Å². The largest absolute Gasteiger partial charge is 0.370 e. The Labute approximate surface area is 123 Å². The molecule has 2 heterocycles. The zero-order valence-corrected chi connectivity index (χ0v) is 13.4. The van der Waals surface area contributed by atoms with Crippen LogP contribution in [-0.2, 0) is 6.54 Å². The van der Waals surface area contributed by atoms with E-state index in [0.29, 0.717) is 6.04 Å². The van der Waals surface area contributed by atoms with Gasteiger partial charge in [0.15, 0.2) is 0 Å². The van der Waals surface area contributed by atoms with Crippen molar-refractivity contribution in [3.63, 3.8) is 0 Å². The first-order chi connectivity index (χ1) is 9.61. The molecule has 0 saturated carbocycles. The van der Waals surface area contributed by atoms with Crippen molar-refractivity contribution in [2.45, 2.75) is 53.1 Å². The van der Waals surface area contributed by atoms with E-state index in [2.05, 4.69) is 49.0 Å². The van der Waals surface area contributed by atoms with Crippen LogP contribution in [0.4, 0.5) is 5.82 Å². The van der Waals surface area contributed by atoms with E-state index in [9.17, 15) is 0 Å². The van der Waals surface area contributed by atoms with E-state index in [1.54, 1.807) is 0 Å². The van der Waals surface area contributed by atoms with Crippen molar-refractivity contribution < 1.29 is 0 Å². The van der Waals surface area contributed by atoms with Crippen molar-refractivity contribution in [2.24, 2.45) is 11.8 Å².